The minimum atomic E-state index is -1.19. The Hall–Kier alpha value is -1.14. The summed E-state index contributed by atoms with van der Waals surface area (Å²) in [7, 11) is 0. The van der Waals surface area contributed by atoms with Crippen LogP contribution >= 0.6 is 0 Å². The first-order valence-electron chi connectivity index (χ1n) is 10.5. The van der Waals surface area contributed by atoms with Gasteiger partial charge in [-0.1, -0.05) is 67.7 Å². The number of rotatable bonds is 11. The van der Waals surface area contributed by atoms with Crippen LogP contribution in [0.4, 0.5) is 0 Å². The lowest BCUT2D eigenvalue weighted by atomic mass is 9.60. The van der Waals surface area contributed by atoms with Crippen LogP contribution < -0.4 is 0 Å². The van der Waals surface area contributed by atoms with E-state index in [9.17, 15) is 9.59 Å². The van der Waals surface area contributed by atoms with E-state index in [1.807, 2.05) is 20.8 Å². The van der Waals surface area contributed by atoms with E-state index in [4.69, 9.17) is 19.6 Å². The second-order valence-electron chi connectivity index (χ2n) is 8.22. The van der Waals surface area contributed by atoms with Crippen LogP contribution in [0.1, 0.15) is 99.8 Å². The lowest BCUT2D eigenvalue weighted by Gasteiger charge is -2.44. The van der Waals surface area contributed by atoms with Crippen LogP contribution in [-0.4, -0.2) is 23.6 Å². The molecule has 0 aromatic rings. The molecule has 6 heteroatoms. The largest absolute Gasteiger partial charge is 0.393 e. The van der Waals surface area contributed by atoms with Gasteiger partial charge in [-0.25, -0.2) is 29.1 Å². The van der Waals surface area contributed by atoms with Crippen molar-refractivity contribution in [3.05, 3.63) is 0 Å². The molecule has 6 nitrogen and oxygen atoms in total. The van der Waals surface area contributed by atoms with E-state index < -0.39 is 23.0 Å². The van der Waals surface area contributed by atoms with Gasteiger partial charge in [-0.15, -0.1) is 0 Å². The highest BCUT2D eigenvalue weighted by atomic mass is 17.3. The molecular formula is C21H38O6. The summed E-state index contributed by atoms with van der Waals surface area (Å²) in [6.45, 7) is 14.1. The highest BCUT2D eigenvalue weighted by Crippen LogP contribution is 2.49. The van der Waals surface area contributed by atoms with E-state index >= 15 is 0 Å². The Morgan fingerprint density at radius 2 is 1.67 bits per heavy atom. The van der Waals surface area contributed by atoms with Gasteiger partial charge in [0, 0.05) is 0 Å². The van der Waals surface area contributed by atoms with Crippen molar-refractivity contribution >= 4 is 11.9 Å². The number of unbranched alkanes of at least 4 members (excludes halogenated alkanes) is 1. The average molecular weight is 387 g/mol. The molecule has 158 valence electrons. The van der Waals surface area contributed by atoms with E-state index in [0.29, 0.717) is 25.7 Å². The maximum Gasteiger partial charge on any atom is 0.393 e. The van der Waals surface area contributed by atoms with E-state index in [2.05, 4.69) is 27.7 Å². The van der Waals surface area contributed by atoms with Crippen molar-refractivity contribution in [2.24, 2.45) is 10.8 Å². The van der Waals surface area contributed by atoms with Crippen molar-refractivity contribution in [1.82, 2.24) is 0 Å². The van der Waals surface area contributed by atoms with Crippen LogP contribution in [0.3, 0.4) is 0 Å². The van der Waals surface area contributed by atoms with Crippen LogP contribution in [0.5, 0.6) is 0 Å². The molecule has 1 fully saturated rings. The monoisotopic (exact) mass is 386 g/mol. The maximum absolute atomic E-state index is 13.1. The van der Waals surface area contributed by atoms with Crippen molar-refractivity contribution < 1.29 is 29.1 Å². The first kappa shape index (κ1) is 23.9. The Kier molecular flexibility index (Phi) is 8.74. The number of carbonyl (C=O) groups excluding carboxylic acids is 2. The second kappa shape index (κ2) is 9.87. The summed E-state index contributed by atoms with van der Waals surface area (Å²) in [6.07, 6.45) is 5.59. The number of hydrogen-bond acceptors (Lipinski definition) is 6. The molecule has 0 spiro atoms. The lowest BCUT2D eigenvalue weighted by Crippen LogP contribution is -2.62. The summed E-state index contributed by atoms with van der Waals surface area (Å²) in [4.78, 5) is 46.0. The molecule has 1 aliphatic rings. The van der Waals surface area contributed by atoms with E-state index in [0.717, 1.165) is 25.7 Å². The fourth-order valence-electron chi connectivity index (χ4n) is 3.93. The topological polar surface area (TPSA) is 71.1 Å². The molecule has 0 bridgehead atoms. The molecule has 3 unspecified atom stereocenters. The summed E-state index contributed by atoms with van der Waals surface area (Å²) < 4.78 is 0. The first-order chi connectivity index (χ1) is 12.7. The number of hydrogen-bond donors (Lipinski definition) is 0. The van der Waals surface area contributed by atoms with E-state index in [-0.39, 0.29) is 11.5 Å². The van der Waals surface area contributed by atoms with Crippen molar-refractivity contribution in [3.8, 4) is 0 Å². The molecule has 27 heavy (non-hydrogen) atoms. The Morgan fingerprint density at radius 1 is 1.00 bits per heavy atom. The van der Waals surface area contributed by atoms with E-state index in [1.54, 1.807) is 0 Å². The number of carbonyl (C=O) groups is 2. The molecule has 1 heterocycles. The van der Waals surface area contributed by atoms with Gasteiger partial charge in [0.1, 0.15) is 6.10 Å². The molecule has 0 aliphatic carbocycles. The van der Waals surface area contributed by atoms with Gasteiger partial charge in [0.2, 0.25) is 5.60 Å². The van der Waals surface area contributed by atoms with Crippen LogP contribution in [-0.2, 0) is 29.1 Å². The zero-order chi connectivity index (χ0) is 20.7. The smallest absolute Gasteiger partial charge is 0.247 e. The summed E-state index contributed by atoms with van der Waals surface area (Å²) in [5, 5.41) is 0. The van der Waals surface area contributed by atoms with Gasteiger partial charge < -0.3 is 0 Å². The standard InChI is InChI=1S/C21H38O6/c1-8-13-15-20(11-4,19(6,7)10-3)17(22)25-26-18(23)21(12-5)16(14-9-2)24-27-21/h16H,8-15H2,1-7H3. The predicted octanol–water partition coefficient (Wildman–Crippen LogP) is 5.29. The molecule has 0 saturated carbocycles. The highest BCUT2D eigenvalue weighted by Gasteiger charge is 2.59. The SMILES string of the molecule is CCCCC(CC)(C(=O)OOC(=O)C1(CC)OOC1CCC)C(C)(C)CC. The van der Waals surface area contributed by atoms with Crippen LogP contribution in [0.15, 0.2) is 0 Å². The van der Waals surface area contributed by atoms with Crippen LogP contribution in [0.2, 0.25) is 0 Å². The molecule has 0 aromatic carbocycles. The molecule has 0 N–H and O–H groups in total. The molecule has 1 aliphatic heterocycles. The van der Waals surface area contributed by atoms with Crippen molar-refractivity contribution in [2.75, 3.05) is 0 Å². The van der Waals surface area contributed by atoms with Crippen LogP contribution in [0.25, 0.3) is 0 Å². The van der Waals surface area contributed by atoms with Gasteiger partial charge in [0.25, 0.3) is 0 Å². The van der Waals surface area contributed by atoms with Crippen molar-refractivity contribution in [2.45, 2.75) is 112 Å². The van der Waals surface area contributed by atoms with Gasteiger partial charge in [-0.05, 0) is 37.5 Å². The average Bonchev–Trinajstić information content (AvgIpc) is 2.65. The van der Waals surface area contributed by atoms with Gasteiger partial charge in [-0.2, -0.15) is 0 Å². The molecule has 0 aromatic heterocycles. The Morgan fingerprint density at radius 3 is 2.07 bits per heavy atom. The second-order valence-corrected chi connectivity index (χ2v) is 8.22. The first-order valence-corrected chi connectivity index (χ1v) is 10.5. The third-order valence-electron chi connectivity index (χ3n) is 6.58. The maximum atomic E-state index is 13.1. The third-order valence-corrected chi connectivity index (χ3v) is 6.58. The molecule has 0 amide bonds. The zero-order valence-electron chi connectivity index (χ0n) is 18.2. The van der Waals surface area contributed by atoms with E-state index in [1.165, 1.54) is 0 Å². The Labute approximate surface area is 164 Å². The summed E-state index contributed by atoms with van der Waals surface area (Å²) in [5.41, 5.74) is -2.16. The molecular weight excluding hydrogens is 348 g/mol. The molecule has 0 radical (unpaired) electrons. The third kappa shape index (κ3) is 4.48. The minimum absolute atomic E-state index is 0.274. The minimum Gasteiger partial charge on any atom is -0.247 e. The summed E-state index contributed by atoms with van der Waals surface area (Å²) in [6, 6.07) is 0. The fourth-order valence-corrected chi connectivity index (χ4v) is 3.93. The van der Waals surface area contributed by atoms with Crippen LogP contribution in [0, 0.1) is 10.8 Å². The van der Waals surface area contributed by atoms with Crippen molar-refractivity contribution in [1.29, 1.82) is 0 Å². The lowest BCUT2D eigenvalue weighted by molar-refractivity contribution is -0.502. The van der Waals surface area contributed by atoms with Crippen molar-refractivity contribution in [3.63, 3.8) is 0 Å². The van der Waals surface area contributed by atoms with Gasteiger partial charge in [-0.3, -0.25) is 0 Å². The Bertz CT molecular complexity index is 499. The zero-order valence-corrected chi connectivity index (χ0v) is 18.2. The quantitative estimate of drug-likeness (QED) is 0.355. The van der Waals surface area contributed by atoms with Gasteiger partial charge in [0.15, 0.2) is 0 Å². The van der Waals surface area contributed by atoms with Gasteiger partial charge >= 0.3 is 11.9 Å². The summed E-state index contributed by atoms with van der Waals surface area (Å²) >= 11 is 0. The molecule has 1 saturated heterocycles. The normalized spacial score (nSPS) is 24.6. The Balaban J connectivity index is 2.91. The molecule has 3 atom stereocenters. The summed E-state index contributed by atoms with van der Waals surface area (Å²) in [5.74, 6) is -1.17. The fraction of sp³-hybridized carbons (Fsp3) is 0.905. The van der Waals surface area contributed by atoms with Gasteiger partial charge in [0.05, 0.1) is 5.41 Å². The highest BCUT2D eigenvalue weighted by molar-refractivity contribution is 5.83. The predicted molar refractivity (Wildman–Crippen MR) is 102 cm³/mol. The molecule has 1 rings (SSSR count).